The minimum atomic E-state index is 0.434. The highest BCUT2D eigenvalue weighted by molar-refractivity contribution is 7.20. The standard InChI is InChI=1S/C45H38N6OS2/c1-4-6-14-28(5-2)26-52-30-22-20-29(21-23-30)40-38-39(43(50-40)33(25-47)45-49-35-17-10-12-19-37(35)54-45)41(31-15-8-7-13-27(31)3)51-42(38)32(24-46)44-48-34-16-9-11-18-36(34)53-44/h7-13,15-23,28,50-51H,4-6,14,26H2,1-3H3/b42-32-,43-33-/t28-/m0/s1. The highest BCUT2D eigenvalue weighted by atomic mass is 32.1. The van der Waals surface area contributed by atoms with Gasteiger partial charge in [-0.15, -0.1) is 22.7 Å². The molecule has 8 aromatic rings. The average Bonchev–Trinajstić information content (AvgIpc) is 3.99. The summed E-state index contributed by atoms with van der Waals surface area (Å²) in [6.07, 6.45) is 4.62. The first-order chi connectivity index (χ1) is 26.5. The Morgan fingerprint density at radius 1 is 0.722 bits per heavy atom. The molecule has 4 aromatic carbocycles. The number of aromatic amines is 2. The number of aromatic nitrogens is 4. The van der Waals surface area contributed by atoms with Gasteiger partial charge in [0.1, 0.15) is 39.0 Å². The Morgan fingerprint density at radius 3 is 1.83 bits per heavy atom. The van der Waals surface area contributed by atoms with Crippen LogP contribution in [0.2, 0.25) is 0 Å². The van der Waals surface area contributed by atoms with E-state index in [1.54, 1.807) is 0 Å². The number of aryl methyl sites for hydroxylation is 1. The molecule has 0 aliphatic heterocycles. The van der Waals surface area contributed by atoms with E-state index in [9.17, 15) is 10.5 Å². The summed E-state index contributed by atoms with van der Waals surface area (Å²) in [4.78, 5) is 17.3. The van der Waals surface area contributed by atoms with Crippen molar-refractivity contribution in [1.82, 2.24) is 19.9 Å². The first-order valence-corrected chi connectivity index (χ1v) is 20.0. The lowest BCUT2D eigenvalue weighted by atomic mass is 10.0. The molecule has 2 N–H and O–H groups in total. The first kappa shape index (κ1) is 35.1. The van der Waals surface area contributed by atoms with Crippen molar-refractivity contribution in [1.29, 1.82) is 10.5 Å². The predicted molar refractivity (Wildman–Crippen MR) is 222 cm³/mol. The largest absolute Gasteiger partial charge is 0.493 e. The third kappa shape index (κ3) is 6.47. The topological polar surface area (TPSA) is 114 Å². The lowest BCUT2D eigenvalue weighted by Gasteiger charge is -2.15. The number of ether oxygens (including phenoxy) is 1. The lowest BCUT2D eigenvalue weighted by Crippen LogP contribution is -2.11. The molecule has 0 fully saturated rings. The molecule has 7 nitrogen and oxygen atoms in total. The van der Waals surface area contributed by atoms with Gasteiger partial charge in [-0.1, -0.05) is 81.6 Å². The second-order valence-corrected chi connectivity index (χ2v) is 15.6. The Hall–Kier alpha value is -6.00. The molecule has 4 heterocycles. The predicted octanol–water partition coefficient (Wildman–Crippen LogP) is 10.4. The van der Waals surface area contributed by atoms with Crippen molar-refractivity contribution >= 4 is 65.0 Å². The van der Waals surface area contributed by atoms with Gasteiger partial charge in [0, 0.05) is 16.3 Å². The number of H-pyrrole nitrogens is 2. The molecule has 266 valence electrons. The van der Waals surface area contributed by atoms with Crippen LogP contribution in [0.3, 0.4) is 0 Å². The number of unbranched alkanes of at least 4 members (excludes halogenated alkanes) is 1. The van der Waals surface area contributed by atoms with E-state index >= 15 is 0 Å². The van der Waals surface area contributed by atoms with Crippen LogP contribution in [0, 0.1) is 35.5 Å². The monoisotopic (exact) mass is 742 g/mol. The summed E-state index contributed by atoms with van der Waals surface area (Å²) in [5.74, 6) is 1.33. The number of rotatable bonds is 11. The van der Waals surface area contributed by atoms with Crippen LogP contribution in [0.4, 0.5) is 0 Å². The number of nitriles is 2. The van der Waals surface area contributed by atoms with E-state index in [2.05, 4.69) is 67.1 Å². The van der Waals surface area contributed by atoms with Gasteiger partial charge in [0.25, 0.3) is 0 Å². The molecular formula is C45H38N6OS2. The average molecular weight is 743 g/mol. The van der Waals surface area contributed by atoms with Gasteiger partial charge in [0.05, 0.1) is 49.1 Å². The molecule has 54 heavy (non-hydrogen) atoms. The Labute approximate surface area is 321 Å². The van der Waals surface area contributed by atoms with E-state index in [-0.39, 0.29) is 0 Å². The summed E-state index contributed by atoms with van der Waals surface area (Å²) in [5, 5.41) is 26.0. The fourth-order valence-electron chi connectivity index (χ4n) is 7.11. The number of fused-ring (bicyclic) bond motifs is 3. The van der Waals surface area contributed by atoms with E-state index in [1.807, 2.05) is 72.8 Å². The summed E-state index contributed by atoms with van der Waals surface area (Å²) < 4.78 is 8.31. The number of thiazole rings is 2. The second kappa shape index (κ2) is 15.2. The Balaban J connectivity index is 1.43. The quantitative estimate of drug-likeness (QED) is 0.137. The zero-order valence-electron chi connectivity index (χ0n) is 30.4. The fourth-order valence-corrected chi connectivity index (χ4v) is 9.04. The van der Waals surface area contributed by atoms with E-state index in [0.717, 1.165) is 77.9 Å². The van der Waals surface area contributed by atoms with Crippen molar-refractivity contribution in [2.45, 2.75) is 46.5 Å². The third-order valence-corrected chi connectivity index (χ3v) is 12.2. The highest BCUT2D eigenvalue weighted by Crippen LogP contribution is 2.35. The van der Waals surface area contributed by atoms with E-state index in [0.29, 0.717) is 44.4 Å². The summed E-state index contributed by atoms with van der Waals surface area (Å²) in [6, 6.07) is 37.2. The number of nitrogens with one attached hydrogen (secondary N) is 2. The molecule has 4 aromatic heterocycles. The van der Waals surface area contributed by atoms with E-state index in [1.165, 1.54) is 35.5 Å². The molecule has 0 aliphatic carbocycles. The van der Waals surface area contributed by atoms with Crippen molar-refractivity contribution in [2.75, 3.05) is 6.61 Å². The minimum Gasteiger partial charge on any atom is -0.493 e. The van der Waals surface area contributed by atoms with Crippen molar-refractivity contribution in [2.24, 2.45) is 5.92 Å². The number of hydrogen-bond donors (Lipinski definition) is 2. The summed E-state index contributed by atoms with van der Waals surface area (Å²) >= 11 is 2.99. The first-order valence-electron chi connectivity index (χ1n) is 18.3. The Bertz CT molecular complexity index is 2700. The van der Waals surface area contributed by atoms with Crippen LogP contribution in [-0.2, 0) is 0 Å². The van der Waals surface area contributed by atoms with E-state index in [4.69, 9.17) is 14.7 Å². The van der Waals surface area contributed by atoms with Crippen LogP contribution in [0.25, 0.3) is 64.9 Å². The lowest BCUT2D eigenvalue weighted by molar-refractivity contribution is 0.233. The second-order valence-electron chi connectivity index (χ2n) is 13.5. The van der Waals surface area contributed by atoms with Gasteiger partial charge in [-0.05, 0) is 78.9 Å². The van der Waals surface area contributed by atoms with Crippen LogP contribution < -0.4 is 15.4 Å². The van der Waals surface area contributed by atoms with Gasteiger partial charge < -0.3 is 14.7 Å². The minimum absolute atomic E-state index is 0.434. The van der Waals surface area contributed by atoms with Crippen molar-refractivity contribution < 1.29 is 4.74 Å². The van der Waals surface area contributed by atoms with Gasteiger partial charge in [0.15, 0.2) is 0 Å². The van der Waals surface area contributed by atoms with Crippen LogP contribution in [0.1, 0.15) is 55.1 Å². The molecular weight excluding hydrogens is 705 g/mol. The fraction of sp³-hybridized carbons (Fsp3) is 0.200. The molecule has 0 radical (unpaired) electrons. The normalized spacial score (nSPS) is 13.2. The van der Waals surface area contributed by atoms with Crippen LogP contribution in [-0.4, -0.2) is 26.5 Å². The van der Waals surface area contributed by atoms with Gasteiger partial charge in [0.2, 0.25) is 0 Å². The van der Waals surface area contributed by atoms with Gasteiger partial charge >= 0.3 is 0 Å². The van der Waals surface area contributed by atoms with Gasteiger partial charge in [-0.25, -0.2) is 9.97 Å². The maximum atomic E-state index is 10.9. The zero-order chi connectivity index (χ0) is 37.2. The molecule has 9 heteroatoms. The SMILES string of the molecule is CCCC[C@H](CC)COc1ccc(-c2[nH]/c(=C(/C#N)c3nc4ccccc4s3)c3c(-c4ccccc4C)[nH]/c(=C(/C#N)c4nc5ccccc5s4)c23)cc1. The van der Waals surface area contributed by atoms with Crippen molar-refractivity contribution in [3.63, 3.8) is 0 Å². The molecule has 0 saturated carbocycles. The molecule has 0 amide bonds. The number of nitrogens with zero attached hydrogens (tertiary/aromatic N) is 4. The van der Waals surface area contributed by atoms with Crippen molar-refractivity contribution in [3.05, 3.63) is 123 Å². The smallest absolute Gasteiger partial charge is 0.137 e. The Morgan fingerprint density at radius 2 is 1.28 bits per heavy atom. The molecule has 0 saturated heterocycles. The maximum Gasteiger partial charge on any atom is 0.137 e. The van der Waals surface area contributed by atoms with Gasteiger partial charge in [-0.2, -0.15) is 10.5 Å². The molecule has 1 atom stereocenters. The highest BCUT2D eigenvalue weighted by Gasteiger charge is 2.24. The Kier molecular flexibility index (Phi) is 9.84. The molecule has 0 spiro atoms. The maximum absolute atomic E-state index is 10.9. The summed E-state index contributed by atoms with van der Waals surface area (Å²) in [7, 11) is 0. The summed E-state index contributed by atoms with van der Waals surface area (Å²) in [5.41, 5.74) is 7.09. The number of hydrogen-bond acceptors (Lipinski definition) is 7. The van der Waals surface area contributed by atoms with Crippen LogP contribution >= 0.6 is 22.7 Å². The zero-order valence-corrected chi connectivity index (χ0v) is 32.0. The summed E-state index contributed by atoms with van der Waals surface area (Å²) in [6.45, 7) is 7.20. The van der Waals surface area contributed by atoms with Gasteiger partial charge in [-0.3, -0.25) is 0 Å². The third-order valence-electron chi connectivity index (χ3n) is 10.1. The number of benzene rings is 4. The van der Waals surface area contributed by atoms with Crippen LogP contribution in [0.5, 0.6) is 5.75 Å². The number of para-hydroxylation sites is 2. The molecule has 0 aliphatic rings. The molecule has 8 rings (SSSR count). The van der Waals surface area contributed by atoms with Crippen molar-refractivity contribution in [3.8, 4) is 40.4 Å². The van der Waals surface area contributed by atoms with Crippen LogP contribution in [0.15, 0.2) is 97.1 Å². The molecule has 0 unspecified atom stereocenters. The molecule has 0 bridgehead atoms. The van der Waals surface area contributed by atoms with E-state index < -0.39 is 0 Å².